The summed E-state index contributed by atoms with van der Waals surface area (Å²) in [6.07, 6.45) is 2.87. The molecule has 0 saturated carbocycles. The van der Waals surface area contributed by atoms with E-state index in [0.717, 1.165) is 16.7 Å². The third-order valence-corrected chi connectivity index (χ3v) is 10.4. The summed E-state index contributed by atoms with van der Waals surface area (Å²) in [5.41, 5.74) is 0.968. The molecule has 1 aliphatic heterocycles. The van der Waals surface area contributed by atoms with Gasteiger partial charge in [0, 0.05) is 25.7 Å². The van der Waals surface area contributed by atoms with Crippen LogP contribution in [0.5, 0.6) is 5.75 Å². The van der Waals surface area contributed by atoms with Gasteiger partial charge in [-0.25, -0.2) is 9.59 Å². The van der Waals surface area contributed by atoms with Gasteiger partial charge < -0.3 is 35.1 Å². The number of alkyl carbamates (subject to hydrolysis) is 1. The van der Waals surface area contributed by atoms with Crippen molar-refractivity contribution in [3.05, 3.63) is 101 Å². The number of hydrogen-bond donors (Lipinski definition) is 3. The summed E-state index contributed by atoms with van der Waals surface area (Å²) >= 11 is 0. The first-order chi connectivity index (χ1) is 26.4. The molecule has 3 aromatic rings. The summed E-state index contributed by atoms with van der Waals surface area (Å²) in [5.74, 6) is -1.06. The van der Waals surface area contributed by atoms with E-state index in [-0.39, 0.29) is 50.8 Å². The largest absolute Gasteiger partial charge is 0.496 e. The van der Waals surface area contributed by atoms with E-state index in [9.17, 15) is 24.0 Å². The van der Waals surface area contributed by atoms with Crippen LogP contribution in [-0.4, -0.2) is 86.2 Å². The van der Waals surface area contributed by atoms with Gasteiger partial charge in [-0.2, -0.15) is 27.0 Å². The van der Waals surface area contributed by atoms with Crippen LogP contribution in [0.4, 0.5) is 4.79 Å². The van der Waals surface area contributed by atoms with Gasteiger partial charge in [-0.1, -0.05) is 66.7 Å². The second-order valence-electron chi connectivity index (χ2n) is 15.2. The van der Waals surface area contributed by atoms with E-state index in [4.69, 9.17) is 14.2 Å². The molecule has 3 atom stereocenters. The number of likely N-dealkylation sites (tertiary alicyclic amines) is 1. The van der Waals surface area contributed by atoms with Crippen molar-refractivity contribution in [2.45, 2.75) is 94.7 Å². The minimum Gasteiger partial charge on any atom is -0.496 e. The number of esters is 1. The summed E-state index contributed by atoms with van der Waals surface area (Å²) < 4.78 is 15.8. The third kappa shape index (κ3) is 11.5. The minimum atomic E-state index is -1.17. The maximum atomic E-state index is 14.7. The molecule has 5 rings (SSSR count). The molecule has 1 heterocycles. The van der Waals surface area contributed by atoms with Crippen molar-refractivity contribution < 1.29 is 38.2 Å². The molecule has 0 unspecified atom stereocenters. The molecule has 1 saturated heterocycles. The molecule has 0 radical (unpaired) electrons. The van der Waals surface area contributed by atoms with Crippen LogP contribution in [0.3, 0.4) is 0 Å². The first-order valence-electron chi connectivity index (χ1n) is 19.1. The van der Waals surface area contributed by atoms with Crippen molar-refractivity contribution in [1.82, 2.24) is 20.9 Å². The summed E-state index contributed by atoms with van der Waals surface area (Å²) in [4.78, 5) is 69.0. The molecule has 310 valence electrons. The zero-order chi connectivity index (χ0) is 39.6. The number of nitrogens with one attached hydrogen (secondary N) is 3. The molecule has 1 aliphatic carbocycles. The summed E-state index contributed by atoms with van der Waals surface area (Å²) in [6.45, 7) is 6.71. The standard InChI is InChI=1S/C43H54N4O8.2H2S/c1-42(2,3)55-41(52)44-26-14-13-20-35(39(50)54-5)46-40(51)43(29-15-7-6-8-16-29)25-22-32(31-17-9-11-19-34(31)43)38(49)47-27-23-30(24-28-47)45-37(48)33-18-10-12-21-36(33)53-4;;/h6-12,15-19,21,30,32,35H,13-14,20,22-28H2,1-5H3,(H,44,52)(H,45,48)(H,46,51);2*1H2/t32-,35-,43+;;/m0../s1. The molecule has 0 spiro atoms. The molecule has 1 fully saturated rings. The topological polar surface area (TPSA) is 152 Å². The lowest BCUT2D eigenvalue weighted by Gasteiger charge is -2.43. The van der Waals surface area contributed by atoms with E-state index in [1.807, 2.05) is 65.6 Å². The Morgan fingerprint density at radius 1 is 0.842 bits per heavy atom. The fraction of sp³-hybridized carbons (Fsp3) is 0.465. The average molecular weight is 823 g/mol. The number of benzene rings is 3. The third-order valence-electron chi connectivity index (χ3n) is 10.4. The second kappa shape index (κ2) is 21.2. The highest BCUT2D eigenvalue weighted by Gasteiger charge is 2.49. The Hall–Kier alpha value is -4.69. The number of rotatable bonds is 13. The van der Waals surface area contributed by atoms with Gasteiger partial charge in [0.1, 0.15) is 17.4 Å². The fourth-order valence-corrected chi connectivity index (χ4v) is 7.70. The van der Waals surface area contributed by atoms with Crippen LogP contribution in [0.2, 0.25) is 0 Å². The SMILES string of the molecule is COC(=O)[C@H](CCCCNC(=O)OC(C)(C)C)NC(=O)[C@@]1(c2ccccc2)CC[C@H](C(=O)N2CCC(NC(=O)c3ccccc3OC)CC2)c2ccccc21.S.S. The molecule has 3 N–H and O–H groups in total. The molecule has 14 heteroatoms. The number of hydrogen-bond acceptors (Lipinski definition) is 8. The number of carbonyl (C=O) groups excluding carboxylic acids is 5. The van der Waals surface area contributed by atoms with Crippen LogP contribution in [0.1, 0.15) is 98.7 Å². The zero-order valence-corrected chi connectivity index (χ0v) is 35.5. The summed E-state index contributed by atoms with van der Waals surface area (Å²) in [6, 6.07) is 23.2. The highest BCUT2D eigenvalue weighted by molar-refractivity contribution is 7.59. The Morgan fingerprint density at radius 2 is 1.49 bits per heavy atom. The van der Waals surface area contributed by atoms with Crippen LogP contribution < -0.4 is 20.7 Å². The van der Waals surface area contributed by atoms with Crippen LogP contribution in [0.15, 0.2) is 78.9 Å². The number of fused-ring (bicyclic) bond motifs is 1. The predicted molar refractivity (Wildman–Crippen MR) is 228 cm³/mol. The van der Waals surface area contributed by atoms with Gasteiger partial charge in [0.2, 0.25) is 11.8 Å². The minimum absolute atomic E-state index is 0. The molecule has 57 heavy (non-hydrogen) atoms. The van der Waals surface area contributed by atoms with Crippen LogP contribution >= 0.6 is 27.0 Å². The van der Waals surface area contributed by atoms with Crippen molar-refractivity contribution in [2.75, 3.05) is 33.9 Å². The first-order valence-corrected chi connectivity index (χ1v) is 19.1. The molecular weight excluding hydrogens is 765 g/mol. The van der Waals surface area contributed by atoms with E-state index in [1.165, 1.54) is 14.2 Å². The number of para-hydroxylation sites is 1. The Bertz CT molecular complexity index is 1830. The van der Waals surface area contributed by atoms with Gasteiger partial charge in [0.05, 0.1) is 31.1 Å². The highest BCUT2D eigenvalue weighted by atomic mass is 32.1. The first kappa shape index (κ1) is 46.7. The highest BCUT2D eigenvalue weighted by Crippen LogP contribution is 2.48. The number of piperidine rings is 1. The van der Waals surface area contributed by atoms with Crippen LogP contribution in [0.25, 0.3) is 0 Å². The number of amides is 4. The molecule has 2 aliphatic rings. The fourth-order valence-electron chi connectivity index (χ4n) is 7.70. The Kier molecular flexibility index (Phi) is 17.3. The molecule has 0 aromatic heterocycles. The van der Waals surface area contributed by atoms with Gasteiger partial charge in [-0.05, 0) is 94.5 Å². The van der Waals surface area contributed by atoms with Crippen molar-refractivity contribution in [2.24, 2.45) is 0 Å². The van der Waals surface area contributed by atoms with Crippen LogP contribution in [-0.2, 0) is 29.3 Å². The number of ether oxygens (including phenoxy) is 3. The van der Waals surface area contributed by atoms with Gasteiger partial charge in [0.25, 0.3) is 5.91 Å². The van der Waals surface area contributed by atoms with Gasteiger partial charge in [0.15, 0.2) is 0 Å². The van der Waals surface area contributed by atoms with E-state index >= 15 is 0 Å². The Morgan fingerprint density at radius 3 is 2.16 bits per heavy atom. The number of unbranched alkanes of at least 4 members (excludes halogenated alkanes) is 1. The molecule has 4 amide bonds. The van der Waals surface area contributed by atoms with Crippen molar-refractivity contribution >= 4 is 56.8 Å². The van der Waals surface area contributed by atoms with Gasteiger partial charge in [-0.15, -0.1) is 0 Å². The average Bonchev–Trinajstić information content (AvgIpc) is 3.19. The van der Waals surface area contributed by atoms with E-state index < -0.39 is 35.0 Å². The number of nitrogens with zero attached hydrogens (tertiary/aromatic N) is 1. The number of methoxy groups -OCH3 is 2. The Balaban J connectivity index is 0.00000435. The normalized spacial score (nSPS) is 18.3. The lowest BCUT2D eigenvalue weighted by molar-refractivity contribution is -0.146. The molecule has 0 bridgehead atoms. The quantitative estimate of drug-likeness (QED) is 0.143. The van der Waals surface area contributed by atoms with Crippen molar-refractivity contribution in [1.29, 1.82) is 0 Å². The van der Waals surface area contributed by atoms with Gasteiger partial charge >= 0.3 is 12.1 Å². The second-order valence-corrected chi connectivity index (χ2v) is 15.2. The Labute approximate surface area is 350 Å². The molecule has 12 nitrogen and oxygen atoms in total. The van der Waals surface area contributed by atoms with E-state index in [2.05, 4.69) is 16.0 Å². The van der Waals surface area contributed by atoms with E-state index in [0.29, 0.717) is 75.9 Å². The summed E-state index contributed by atoms with van der Waals surface area (Å²) in [7, 11) is 2.83. The van der Waals surface area contributed by atoms with Crippen molar-refractivity contribution in [3.8, 4) is 5.75 Å². The molecular formula is C43H58N4O8S2. The summed E-state index contributed by atoms with van der Waals surface area (Å²) in [5, 5.41) is 8.87. The maximum Gasteiger partial charge on any atom is 0.407 e. The number of carbonyl (C=O) groups is 5. The van der Waals surface area contributed by atoms with E-state index in [1.54, 1.807) is 39.0 Å². The zero-order valence-electron chi connectivity index (χ0n) is 33.5. The molecule has 3 aromatic carbocycles. The maximum absolute atomic E-state index is 14.7. The van der Waals surface area contributed by atoms with Gasteiger partial charge in [-0.3, -0.25) is 14.4 Å². The van der Waals surface area contributed by atoms with Crippen LogP contribution in [0, 0.1) is 0 Å². The lowest BCUT2D eigenvalue weighted by Crippen LogP contribution is -2.54. The predicted octanol–water partition coefficient (Wildman–Crippen LogP) is 5.86. The van der Waals surface area contributed by atoms with Crippen molar-refractivity contribution in [3.63, 3.8) is 0 Å². The monoisotopic (exact) mass is 822 g/mol. The lowest BCUT2D eigenvalue weighted by atomic mass is 9.62. The smallest absolute Gasteiger partial charge is 0.407 e.